The number of para-hydroxylation sites is 1. The van der Waals surface area contributed by atoms with E-state index in [9.17, 15) is 13.2 Å². The van der Waals surface area contributed by atoms with Crippen molar-refractivity contribution < 1.29 is 13.2 Å². The number of primary amides is 1. The Balaban J connectivity index is 2.35. The highest BCUT2D eigenvalue weighted by Gasteiger charge is 2.30. The van der Waals surface area contributed by atoms with Gasteiger partial charge in [-0.1, -0.05) is 18.6 Å². The molecular formula is C13H19N3O3S. The molecular weight excluding hydrogens is 278 g/mol. The molecule has 2 rings (SSSR count). The average molecular weight is 297 g/mol. The molecule has 0 aromatic heterocycles. The zero-order chi connectivity index (χ0) is 14.8. The van der Waals surface area contributed by atoms with Crippen LogP contribution >= 0.6 is 0 Å². The molecule has 1 fully saturated rings. The first-order valence-corrected chi connectivity index (χ1v) is 7.97. The summed E-state index contributed by atoms with van der Waals surface area (Å²) in [7, 11) is -2.16. The van der Waals surface area contributed by atoms with Gasteiger partial charge >= 0.3 is 10.2 Å². The van der Waals surface area contributed by atoms with Gasteiger partial charge in [0, 0.05) is 20.1 Å². The molecule has 1 heterocycles. The summed E-state index contributed by atoms with van der Waals surface area (Å²) in [6.07, 6.45) is 2.78. The van der Waals surface area contributed by atoms with Crippen LogP contribution in [0.25, 0.3) is 0 Å². The minimum absolute atomic E-state index is 0.204. The Kier molecular flexibility index (Phi) is 4.29. The first-order chi connectivity index (χ1) is 9.44. The number of carbonyl (C=O) groups is 1. The van der Waals surface area contributed by atoms with Crippen LogP contribution in [0.1, 0.15) is 29.6 Å². The van der Waals surface area contributed by atoms with Crippen molar-refractivity contribution in [1.29, 1.82) is 0 Å². The Morgan fingerprint density at radius 1 is 1.20 bits per heavy atom. The Hall–Kier alpha value is -1.60. The molecule has 0 aliphatic carbocycles. The number of piperidine rings is 1. The van der Waals surface area contributed by atoms with E-state index in [2.05, 4.69) is 0 Å². The van der Waals surface area contributed by atoms with E-state index in [4.69, 9.17) is 5.73 Å². The van der Waals surface area contributed by atoms with Crippen molar-refractivity contribution in [2.75, 3.05) is 24.4 Å². The lowest BCUT2D eigenvalue weighted by Crippen LogP contribution is -2.45. The molecule has 0 radical (unpaired) electrons. The lowest BCUT2D eigenvalue weighted by atomic mass is 10.2. The van der Waals surface area contributed by atoms with Crippen molar-refractivity contribution in [3.63, 3.8) is 0 Å². The molecule has 0 spiro atoms. The summed E-state index contributed by atoms with van der Waals surface area (Å²) < 4.78 is 27.7. The van der Waals surface area contributed by atoms with Gasteiger partial charge < -0.3 is 5.73 Å². The van der Waals surface area contributed by atoms with Crippen LogP contribution in [0.3, 0.4) is 0 Å². The fourth-order valence-electron chi connectivity index (χ4n) is 2.35. The Morgan fingerprint density at radius 3 is 2.40 bits per heavy atom. The standard InChI is InChI=1S/C13H19N3O3S/c1-15(12-8-4-3-7-11(12)13(14)17)20(18,19)16-9-5-2-6-10-16/h3-4,7-8H,2,5-6,9-10H2,1H3,(H2,14,17). The summed E-state index contributed by atoms with van der Waals surface area (Å²) in [4.78, 5) is 11.4. The molecule has 6 nitrogen and oxygen atoms in total. The molecule has 0 saturated carbocycles. The summed E-state index contributed by atoms with van der Waals surface area (Å²) in [6, 6.07) is 6.45. The quantitative estimate of drug-likeness (QED) is 0.898. The second kappa shape index (κ2) is 5.80. The highest BCUT2D eigenvalue weighted by atomic mass is 32.2. The molecule has 1 aromatic carbocycles. The van der Waals surface area contributed by atoms with Crippen LogP contribution in [0.5, 0.6) is 0 Å². The first kappa shape index (κ1) is 14.8. The Labute approximate surface area is 119 Å². The van der Waals surface area contributed by atoms with E-state index in [1.165, 1.54) is 17.4 Å². The van der Waals surface area contributed by atoms with E-state index < -0.39 is 16.1 Å². The van der Waals surface area contributed by atoms with Gasteiger partial charge in [0.15, 0.2) is 0 Å². The number of hydrogen-bond acceptors (Lipinski definition) is 3. The van der Waals surface area contributed by atoms with Crippen molar-refractivity contribution in [3.8, 4) is 0 Å². The fraction of sp³-hybridized carbons (Fsp3) is 0.462. The normalized spacial score (nSPS) is 16.9. The maximum atomic E-state index is 12.6. The van der Waals surface area contributed by atoms with E-state index in [0.717, 1.165) is 23.6 Å². The Bertz CT molecular complexity index is 595. The van der Waals surface area contributed by atoms with Gasteiger partial charge in [0.25, 0.3) is 5.91 Å². The zero-order valence-corrected chi connectivity index (χ0v) is 12.3. The smallest absolute Gasteiger partial charge is 0.303 e. The van der Waals surface area contributed by atoms with Crippen molar-refractivity contribution >= 4 is 21.8 Å². The predicted octanol–water partition coefficient (Wildman–Crippen LogP) is 0.952. The molecule has 0 bridgehead atoms. The number of hydrogen-bond donors (Lipinski definition) is 1. The summed E-state index contributed by atoms with van der Waals surface area (Å²) in [6.45, 7) is 1.04. The monoisotopic (exact) mass is 297 g/mol. The van der Waals surface area contributed by atoms with Crippen LogP contribution in [0.4, 0.5) is 5.69 Å². The van der Waals surface area contributed by atoms with Gasteiger partial charge in [-0.05, 0) is 25.0 Å². The molecule has 1 aromatic rings. The van der Waals surface area contributed by atoms with E-state index in [-0.39, 0.29) is 5.56 Å². The minimum atomic E-state index is -3.61. The van der Waals surface area contributed by atoms with Gasteiger partial charge in [0.1, 0.15) is 0 Å². The summed E-state index contributed by atoms with van der Waals surface area (Å²) in [5.74, 6) is -0.638. The van der Waals surface area contributed by atoms with E-state index in [0.29, 0.717) is 18.8 Å². The van der Waals surface area contributed by atoms with Crippen LogP contribution in [-0.2, 0) is 10.2 Å². The molecule has 0 atom stereocenters. The summed E-state index contributed by atoms with van der Waals surface area (Å²) in [5.41, 5.74) is 5.82. The zero-order valence-electron chi connectivity index (χ0n) is 11.4. The van der Waals surface area contributed by atoms with E-state index >= 15 is 0 Å². The number of nitrogens with two attached hydrogens (primary N) is 1. The number of amides is 1. The maximum Gasteiger partial charge on any atom is 0.303 e. The highest BCUT2D eigenvalue weighted by Crippen LogP contribution is 2.24. The van der Waals surface area contributed by atoms with Gasteiger partial charge in [-0.2, -0.15) is 12.7 Å². The molecule has 7 heteroatoms. The van der Waals surface area contributed by atoms with Crippen molar-refractivity contribution in [2.45, 2.75) is 19.3 Å². The Morgan fingerprint density at radius 2 is 1.80 bits per heavy atom. The van der Waals surface area contributed by atoms with Crippen LogP contribution in [0.2, 0.25) is 0 Å². The van der Waals surface area contributed by atoms with Gasteiger partial charge in [-0.25, -0.2) is 0 Å². The third kappa shape index (κ3) is 2.78. The van der Waals surface area contributed by atoms with Gasteiger partial charge in [0.05, 0.1) is 11.3 Å². The topological polar surface area (TPSA) is 83.7 Å². The van der Waals surface area contributed by atoms with E-state index in [1.807, 2.05) is 0 Å². The van der Waals surface area contributed by atoms with Crippen LogP contribution in [-0.4, -0.2) is 38.8 Å². The molecule has 2 N–H and O–H groups in total. The van der Waals surface area contributed by atoms with Crippen molar-refractivity contribution in [3.05, 3.63) is 29.8 Å². The molecule has 0 unspecified atom stereocenters. The number of anilines is 1. The molecule has 1 saturated heterocycles. The third-order valence-electron chi connectivity index (χ3n) is 3.50. The number of benzene rings is 1. The second-order valence-corrected chi connectivity index (χ2v) is 6.78. The van der Waals surface area contributed by atoms with Crippen LogP contribution < -0.4 is 10.0 Å². The summed E-state index contributed by atoms with van der Waals surface area (Å²) in [5, 5.41) is 0. The second-order valence-electron chi connectivity index (χ2n) is 4.82. The molecule has 1 aliphatic heterocycles. The predicted molar refractivity (Wildman–Crippen MR) is 77.7 cm³/mol. The highest BCUT2D eigenvalue weighted by molar-refractivity contribution is 7.90. The van der Waals surface area contributed by atoms with Gasteiger partial charge in [-0.3, -0.25) is 9.10 Å². The van der Waals surface area contributed by atoms with Crippen molar-refractivity contribution in [2.24, 2.45) is 5.73 Å². The lowest BCUT2D eigenvalue weighted by Gasteiger charge is -2.31. The lowest BCUT2D eigenvalue weighted by molar-refractivity contribution is 0.100. The molecule has 110 valence electrons. The molecule has 1 amide bonds. The average Bonchev–Trinajstić information content (AvgIpc) is 2.47. The molecule has 20 heavy (non-hydrogen) atoms. The number of nitrogens with zero attached hydrogens (tertiary/aromatic N) is 2. The largest absolute Gasteiger partial charge is 0.366 e. The SMILES string of the molecule is CN(c1ccccc1C(N)=O)S(=O)(=O)N1CCCCC1. The maximum absolute atomic E-state index is 12.6. The summed E-state index contributed by atoms with van der Waals surface area (Å²) >= 11 is 0. The van der Waals surface area contributed by atoms with Gasteiger partial charge in [0.2, 0.25) is 0 Å². The van der Waals surface area contributed by atoms with Gasteiger partial charge in [-0.15, -0.1) is 0 Å². The molecule has 1 aliphatic rings. The third-order valence-corrected chi connectivity index (χ3v) is 5.40. The van der Waals surface area contributed by atoms with E-state index in [1.54, 1.807) is 18.2 Å². The van der Waals surface area contributed by atoms with Crippen molar-refractivity contribution in [1.82, 2.24) is 4.31 Å². The van der Waals surface area contributed by atoms with Crippen LogP contribution in [0, 0.1) is 0 Å². The van der Waals surface area contributed by atoms with Crippen LogP contribution in [0.15, 0.2) is 24.3 Å². The number of rotatable bonds is 4. The first-order valence-electron chi connectivity index (χ1n) is 6.57. The number of carbonyl (C=O) groups excluding carboxylic acids is 1. The fourth-order valence-corrected chi connectivity index (χ4v) is 3.82. The minimum Gasteiger partial charge on any atom is -0.366 e.